The predicted octanol–water partition coefficient (Wildman–Crippen LogP) is 4.81. The molecule has 0 saturated carbocycles. The van der Waals surface area contributed by atoms with E-state index in [4.69, 9.17) is 0 Å². The fourth-order valence-electron chi connectivity index (χ4n) is 2.45. The molecule has 0 saturated heterocycles. The molecule has 0 atom stereocenters. The van der Waals surface area contributed by atoms with Crippen LogP contribution in [-0.2, 0) is 5.75 Å². The van der Waals surface area contributed by atoms with Crippen molar-refractivity contribution in [2.45, 2.75) is 17.7 Å². The van der Waals surface area contributed by atoms with Gasteiger partial charge in [-0.1, -0.05) is 48.5 Å². The van der Waals surface area contributed by atoms with Gasteiger partial charge < -0.3 is 5.32 Å². The van der Waals surface area contributed by atoms with Crippen molar-refractivity contribution in [3.05, 3.63) is 89.1 Å². The number of hydrogen-bond acceptors (Lipinski definition) is 4. The summed E-state index contributed by atoms with van der Waals surface area (Å²) in [6.07, 6.45) is 0. The second-order valence-electron chi connectivity index (χ2n) is 5.68. The van der Waals surface area contributed by atoms with Gasteiger partial charge in [0.25, 0.3) is 5.91 Å². The first-order valence-corrected chi connectivity index (χ1v) is 9.11. The minimum absolute atomic E-state index is 0.266. The summed E-state index contributed by atoms with van der Waals surface area (Å²) in [5, 5.41) is 12.9. The van der Waals surface area contributed by atoms with Gasteiger partial charge in [0.05, 0.1) is 16.8 Å². The number of thioether (sulfide) groups is 1. The second-order valence-corrected chi connectivity index (χ2v) is 6.64. The molecule has 1 amide bonds. The molecular formula is C21H17N3OS. The average molecular weight is 359 g/mol. The minimum Gasteiger partial charge on any atom is -0.322 e. The van der Waals surface area contributed by atoms with E-state index in [2.05, 4.69) is 16.4 Å². The highest BCUT2D eigenvalue weighted by atomic mass is 32.2. The van der Waals surface area contributed by atoms with Crippen LogP contribution in [0.25, 0.3) is 0 Å². The third kappa shape index (κ3) is 4.29. The average Bonchev–Trinajstić information content (AvgIpc) is 2.68. The highest BCUT2D eigenvalue weighted by molar-refractivity contribution is 7.98. The fraction of sp³-hybridized carbons (Fsp3) is 0.0952. The van der Waals surface area contributed by atoms with Crippen molar-refractivity contribution in [1.29, 1.82) is 5.26 Å². The van der Waals surface area contributed by atoms with Crippen LogP contribution in [-0.4, -0.2) is 10.9 Å². The summed E-state index contributed by atoms with van der Waals surface area (Å²) in [5.41, 5.74) is 3.29. The molecule has 2 aromatic carbocycles. The van der Waals surface area contributed by atoms with E-state index >= 15 is 0 Å². The zero-order valence-corrected chi connectivity index (χ0v) is 15.1. The molecule has 1 N–H and O–H groups in total. The number of hydrogen-bond donors (Lipinski definition) is 1. The number of aromatic nitrogens is 1. The summed E-state index contributed by atoms with van der Waals surface area (Å²) in [7, 11) is 0. The van der Waals surface area contributed by atoms with E-state index in [1.807, 2.05) is 60.7 Å². The van der Waals surface area contributed by atoms with Gasteiger partial charge in [-0.3, -0.25) is 4.79 Å². The minimum atomic E-state index is -0.266. The molecule has 0 aliphatic heterocycles. The molecule has 3 rings (SSSR count). The first-order valence-electron chi connectivity index (χ1n) is 8.12. The van der Waals surface area contributed by atoms with Crippen molar-refractivity contribution in [2.24, 2.45) is 0 Å². The normalized spacial score (nSPS) is 10.2. The lowest BCUT2D eigenvalue weighted by Crippen LogP contribution is -2.15. The number of rotatable bonds is 5. The molecule has 1 aromatic heterocycles. The number of pyridine rings is 1. The van der Waals surface area contributed by atoms with Crippen LogP contribution >= 0.6 is 11.8 Å². The van der Waals surface area contributed by atoms with Gasteiger partial charge in [0.15, 0.2) is 0 Å². The summed E-state index contributed by atoms with van der Waals surface area (Å²) in [6, 6.07) is 23.0. The maximum absolute atomic E-state index is 12.5. The third-order valence-corrected chi connectivity index (χ3v) is 4.86. The van der Waals surface area contributed by atoms with E-state index in [1.165, 1.54) is 11.8 Å². The lowest BCUT2D eigenvalue weighted by atomic mass is 10.1. The van der Waals surface area contributed by atoms with Crippen molar-refractivity contribution in [3.8, 4) is 6.07 Å². The van der Waals surface area contributed by atoms with Crippen molar-refractivity contribution < 1.29 is 4.79 Å². The van der Waals surface area contributed by atoms with Gasteiger partial charge >= 0.3 is 0 Å². The van der Waals surface area contributed by atoms with Crippen LogP contribution in [0, 0.1) is 18.3 Å². The van der Waals surface area contributed by atoms with Crippen molar-refractivity contribution in [3.63, 3.8) is 0 Å². The molecular weight excluding hydrogens is 342 g/mol. The molecule has 1 heterocycles. The molecule has 0 unspecified atom stereocenters. The van der Waals surface area contributed by atoms with Crippen molar-refractivity contribution in [1.82, 2.24) is 4.98 Å². The van der Waals surface area contributed by atoms with Gasteiger partial charge in [-0.15, -0.1) is 11.8 Å². The maximum atomic E-state index is 12.5. The van der Waals surface area contributed by atoms with Gasteiger partial charge in [0.2, 0.25) is 0 Å². The molecule has 0 fully saturated rings. The number of nitrogens with one attached hydrogen (secondary N) is 1. The zero-order valence-electron chi connectivity index (χ0n) is 14.3. The third-order valence-electron chi connectivity index (χ3n) is 3.79. The van der Waals surface area contributed by atoms with E-state index in [0.717, 1.165) is 11.3 Å². The van der Waals surface area contributed by atoms with E-state index in [9.17, 15) is 10.1 Å². The quantitative estimate of drug-likeness (QED) is 0.664. The van der Waals surface area contributed by atoms with Gasteiger partial charge in [0, 0.05) is 11.4 Å². The Morgan fingerprint density at radius 1 is 1.12 bits per heavy atom. The Hall–Kier alpha value is -3.10. The van der Waals surface area contributed by atoms with E-state index < -0.39 is 0 Å². The molecule has 0 spiro atoms. The predicted molar refractivity (Wildman–Crippen MR) is 104 cm³/mol. The van der Waals surface area contributed by atoms with Crippen LogP contribution < -0.4 is 5.32 Å². The van der Waals surface area contributed by atoms with Crippen LogP contribution in [0.5, 0.6) is 0 Å². The molecule has 0 aliphatic carbocycles. The Kier molecular flexibility index (Phi) is 5.67. The van der Waals surface area contributed by atoms with Gasteiger partial charge in [-0.05, 0) is 30.7 Å². The topological polar surface area (TPSA) is 65.8 Å². The maximum Gasteiger partial charge on any atom is 0.257 e. The number of anilines is 1. The van der Waals surface area contributed by atoms with Crippen LogP contribution in [0.1, 0.15) is 27.2 Å². The number of aryl methyl sites for hydroxylation is 1. The molecule has 128 valence electrons. The van der Waals surface area contributed by atoms with Crippen molar-refractivity contribution in [2.75, 3.05) is 5.32 Å². The number of nitriles is 1. The first kappa shape index (κ1) is 17.7. The molecule has 26 heavy (non-hydrogen) atoms. The smallest absolute Gasteiger partial charge is 0.257 e. The zero-order chi connectivity index (χ0) is 18.4. The monoisotopic (exact) mass is 359 g/mol. The summed E-state index contributed by atoms with van der Waals surface area (Å²) in [5.74, 6) is 0.453. The largest absolute Gasteiger partial charge is 0.322 e. The lowest BCUT2D eigenvalue weighted by Gasteiger charge is -2.10. The summed E-state index contributed by atoms with van der Waals surface area (Å²) in [6.45, 7) is 1.79. The van der Waals surface area contributed by atoms with Crippen LogP contribution in [0.4, 0.5) is 5.69 Å². The number of carbonyl (C=O) groups excluding carboxylic acids is 1. The van der Waals surface area contributed by atoms with Gasteiger partial charge in [-0.25, -0.2) is 4.98 Å². The fourth-order valence-corrected chi connectivity index (χ4v) is 3.41. The highest BCUT2D eigenvalue weighted by Crippen LogP contribution is 2.26. The number of amides is 1. The molecule has 5 heteroatoms. The summed E-state index contributed by atoms with van der Waals surface area (Å²) >= 11 is 1.50. The Balaban J connectivity index is 1.80. The molecule has 0 aliphatic rings. The van der Waals surface area contributed by atoms with E-state index in [0.29, 0.717) is 27.5 Å². The van der Waals surface area contributed by atoms with Gasteiger partial charge in [0.1, 0.15) is 11.1 Å². The first-order chi connectivity index (χ1) is 12.7. The summed E-state index contributed by atoms with van der Waals surface area (Å²) < 4.78 is 0. The standard InChI is InChI=1S/C21H17N3OS/c1-15-19(20(25)24-18-10-6-3-7-11-18)12-17(13-22)21(23-15)26-14-16-8-4-2-5-9-16/h2-12H,14H2,1H3,(H,24,25). The van der Waals surface area contributed by atoms with Crippen LogP contribution in [0.15, 0.2) is 71.8 Å². The second kappa shape index (κ2) is 8.32. The van der Waals surface area contributed by atoms with E-state index in [-0.39, 0.29) is 5.91 Å². The molecule has 3 aromatic rings. The number of nitrogens with zero attached hydrogens (tertiary/aromatic N) is 2. The summed E-state index contributed by atoms with van der Waals surface area (Å²) in [4.78, 5) is 17.0. The lowest BCUT2D eigenvalue weighted by molar-refractivity contribution is 0.102. The van der Waals surface area contributed by atoms with Crippen molar-refractivity contribution >= 4 is 23.4 Å². The van der Waals surface area contributed by atoms with Crippen LogP contribution in [0.2, 0.25) is 0 Å². The molecule has 0 bridgehead atoms. The van der Waals surface area contributed by atoms with E-state index in [1.54, 1.807) is 13.0 Å². The molecule has 4 nitrogen and oxygen atoms in total. The van der Waals surface area contributed by atoms with Gasteiger partial charge in [-0.2, -0.15) is 5.26 Å². The Morgan fingerprint density at radius 2 is 1.77 bits per heavy atom. The Labute approximate surface area is 156 Å². The number of benzene rings is 2. The van der Waals surface area contributed by atoms with Crippen LogP contribution in [0.3, 0.4) is 0 Å². The highest BCUT2D eigenvalue weighted by Gasteiger charge is 2.15. The Morgan fingerprint density at radius 3 is 2.42 bits per heavy atom. The number of carbonyl (C=O) groups is 1. The molecule has 0 radical (unpaired) electrons. The number of para-hydroxylation sites is 1. The SMILES string of the molecule is Cc1nc(SCc2ccccc2)c(C#N)cc1C(=O)Nc1ccccc1. The Bertz CT molecular complexity index is 950.